The fourth-order valence-electron chi connectivity index (χ4n) is 3.31. The molecule has 0 N–H and O–H groups in total. The number of rotatable bonds is 7. The third kappa shape index (κ3) is 3.61. The molecule has 2 nitrogen and oxygen atoms in total. The van der Waals surface area contributed by atoms with Gasteiger partial charge in [-0.05, 0) is 45.6 Å². The maximum atomic E-state index is 6.23. The van der Waals surface area contributed by atoms with Gasteiger partial charge in [-0.15, -0.1) is 5.06 Å². The summed E-state index contributed by atoms with van der Waals surface area (Å²) in [6, 6.07) is 21.4. The molecule has 1 fully saturated rings. The van der Waals surface area contributed by atoms with Crippen LogP contribution >= 0.6 is 0 Å². The topological polar surface area (TPSA) is 15.5 Å². The van der Waals surface area contributed by atoms with Gasteiger partial charge in [-0.3, -0.25) is 4.84 Å². The molecule has 2 aromatic rings. The maximum absolute atomic E-state index is 6.23. The Morgan fingerprint density at radius 2 is 1.67 bits per heavy atom. The van der Waals surface area contributed by atoms with Crippen molar-refractivity contribution in [1.29, 1.82) is 0 Å². The molecule has 0 radical (unpaired) electrons. The molecule has 126 valence electrons. The quantitative estimate of drug-likeness (QED) is 0.354. The second-order valence-corrected chi connectivity index (χ2v) is 6.83. The highest BCUT2D eigenvalue weighted by atomic mass is 16.9. The van der Waals surface area contributed by atoms with Crippen LogP contribution in [-0.4, -0.2) is 5.06 Å². The number of benzene rings is 2. The Bertz CT molecular complexity index is 676. The third-order valence-electron chi connectivity index (χ3n) is 4.70. The lowest BCUT2D eigenvalue weighted by Gasteiger charge is -2.17. The Balaban J connectivity index is 1.77. The molecule has 2 aromatic carbocycles. The first kappa shape index (κ1) is 16.9. The molecule has 0 spiro atoms. The van der Waals surface area contributed by atoms with Crippen molar-refractivity contribution in [3.63, 3.8) is 0 Å². The summed E-state index contributed by atoms with van der Waals surface area (Å²) in [6.07, 6.45) is 5.55. The van der Waals surface area contributed by atoms with E-state index in [0.717, 1.165) is 19.3 Å². The smallest absolute Gasteiger partial charge is 0.190 e. The van der Waals surface area contributed by atoms with Crippen molar-refractivity contribution in [2.45, 2.75) is 51.8 Å². The zero-order valence-electron chi connectivity index (χ0n) is 14.9. The summed E-state index contributed by atoms with van der Waals surface area (Å²) >= 11 is 0. The van der Waals surface area contributed by atoms with Crippen LogP contribution in [0.15, 0.2) is 72.3 Å². The fraction of sp³-hybridized carbons (Fsp3) is 0.364. The van der Waals surface area contributed by atoms with Gasteiger partial charge in [0.25, 0.3) is 0 Å². The Morgan fingerprint density at radius 1 is 1.04 bits per heavy atom. The Kier molecular flexibility index (Phi) is 5.17. The first-order valence-corrected chi connectivity index (χ1v) is 8.86. The van der Waals surface area contributed by atoms with Gasteiger partial charge < -0.3 is 0 Å². The largest absolute Gasteiger partial charge is 0.266 e. The summed E-state index contributed by atoms with van der Waals surface area (Å²) in [4.78, 5) is 6.23. The number of hydroxylamine groups is 2. The van der Waals surface area contributed by atoms with E-state index < -0.39 is 0 Å². The van der Waals surface area contributed by atoms with Crippen molar-refractivity contribution >= 4 is 0 Å². The predicted molar refractivity (Wildman–Crippen MR) is 99.2 cm³/mol. The normalized spacial score (nSPS) is 23.5. The second-order valence-electron chi connectivity index (χ2n) is 6.83. The monoisotopic (exact) mass is 321 g/mol. The van der Waals surface area contributed by atoms with E-state index in [1.165, 1.54) is 16.7 Å². The number of allylic oxidation sites excluding steroid dienone is 2. The van der Waals surface area contributed by atoms with Crippen LogP contribution in [0.1, 0.15) is 57.2 Å². The van der Waals surface area contributed by atoms with Gasteiger partial charge in [0.15, 0.2) is 5.72 Å². The van der Waals surface area contributed by atoms with Gasteiger partial charge in [0.1, 0.15) is 0 Å². The predicted octanol–water partition coefficient (Wildman–Crippen LogP) is 5.98. The molecule has 24 heavy (non-hydrogen) atoms. The van der Waals surface area contributed by atoms with Crippen LogP contribution in [0.25, 0.3) is 0 Å². The molecule has 3 rings (SSSR count). The molecule has 0 aromatic heterocycles. The van der Waals surface area contributed by atoms with Crippen LogP contribution in [0.2, 0.25) is 0 Å². The SMILES string of the molecule is CC(C)=CCCC[C@]1(c2ccccc2)ON1[C@@H](C)c1ccccc1. The maximum Gasteiger partial charge on any atom is 0.190 e. The molecule has 3 atom stereocenters. The average Bonchev–Trinajstić information content (AvgIpc) is 3.35. The molecular formula is C22H27NO. The van der Waals surface area contributed by atoms with Crippen molar-refractivity contribution in [3.8, 4) is 0 Å². The molecule has 2 heteroatoms. The van der Waals surface area contributed by atoms with Gasteiger partial charge >= 0.3 is 0 Å². The van der Waals surface area contributed by atoms with E-state index in [4.69, 9.17) is 4.84 Å². The first-order chi connectivity index (χ1) is 11.6. The molecule has 0 saturated carbocycles. The van der Waals surface area contributed by atoms with Gasteiger partial charge in [-0.2, -0.15) is 0 Å². The van der Waals surface area contributed by atoms with Crippen molar-refractivity contribution < 1.29 is 4.84 Å². The van der Waals surface area contributed by atoms with Crippen molar-refractivity contribution in [1.82, 2.24) is 5.06 Å². The second kappa shape index (κ2) is 7.33. The number of hydrogen-bond acceptors (Lipinski definition) is 2. The lowest BCUT2D eigenvalue weighted by atomic mass is 9.96. The van der Waals surface area contributed by atoms with E-state index in [1.807, 2.05) is 0 Å². The number of hydrogen-bond donors (Lipinski definition) is 0. The van der Waals surface area contributed by atoms with E-state index in [-0.39, 0.29) is 11.8 Å². The van der Waals surface area contributed by atoms with Crippen molar-refractivity contribution in [2.75, 3.05) is 0 Å². The summed E-state index contributed by atoms with van der Waals surface area (Å²) in [5, 5.41) is 2.17. The van der Waals surface area contributed by atoms with Gasteiger partial charge in [-0.1, -0.05) is 72.3 Å². The van der Waals surface area contributed by atoms with Crippen LogP contribution in [0.5, 0.6) is 0 Å². The zero-order chi connectivity index (χ0) is 17.0. The van der Waals surface area contributed by atoms with Crippen LogP contribution < -0.4 is 0 Å². The van der Waals surface area contributed by atoms with E-state index in [0.29, 0.717) is 0 Å². The van der Waals surface area contributed by atoms with Gasteiger partial charge in [0.2, 0.25) is 0 Å². The highest BCUT2D eigenvalue weighted by molar-refractivity contribution is 5.27. The van der Waals surface area contributed by atoms with Crippen molar-refractivity contribution in [2.24, 2.45) is 0 Å². The molecule has 0 aliphatic carbocycles. The van der Waals surface area contributed by atoms with E-state index >= 15 is 0 Å². The lowest BCUT2D eigenvalue weighted by Crippen LogP contribution is -2.19. The van der Waals surface area contributed by atoms with Gasteiger partial charge in [0, 0.05) is 5.56 Å². The number of nitrogens with zero attached hydrogens (tertiary/aromatic N) is 1. The van der Waals surface area contributed by atoms with E-state index in [9.17, 15) is 0 Å². The molecule has 0 amide bonds. The highest BCUT2D eigenvalue weighted by Gasteiger charge is 2.58. The zero-order valence-corrected chi connectivity index (χ0v) is 14.9. The Morgan fingerprint density at radius 3 is 2.29 bits per heavy atom. The standard InChI is InChI=1S/C22H27NO/c1-18(2)12-10-11-17-22(21-15-8-5-9-16-21)23(24-22)19(3)20-13-6-4-7-14-20/h4-9,12-16,19H,10-11,17H2,1-3H3/t19-,22+,23?/m0/s1. The molecule has 1 heterocycles. The fourth-order valence-corrected chi connectivity index (χ4v) is 3.31. The van der Waals surface area contributed by atoms with Gasteiger partial charge in [-0.25, -0.2) is 0 Å². The summed E-state index contributed by atoms with van der Waals surface area (Å²) in [6.45, 7) is 6.53. The van der Waals surface area contributed by atoms with Crippen LogP contribution in [0.3, 0.4) is 0 Å². The summed E-state index contributed by atoms with van der Waals surface area (Å²) in [5.41, 5.74) is 3.66. The van der Waals surface area contributed by atoms with Crippen LogP contribution in [0, 0.1) is 0 Å². The molecule has 1 aliphatic rings. The molecule has 1 aliphatic heterocycles. The van der Waals surface area contributed by atoms with Crippen LogP contribution in [-0.2, 0) is 10.6 Å². The molecule has 0 bridgehead atoms. The van der Waals surface area contributed by atoms with E-state index in [1.54, 1.807) is 0 Å². The van der Waals surface area contributed by atoms with E-state index in [2.05, 4.69) is 92.6 Å². The van der Waals surface area contributed by atoms with Gasteiger partial charge in [0.05, 0.1) is 6.04 Å². The number of unbranched alkanes of at least 4 members (excludes halogenated alkanes) is 1. The lowest BCUT2D eigenvalue weighted by molar-refractivity contribution is 0.153. The minimum atomic E-state index is -0.272. The molecule has 1 unspecified atom stereocenters. The Hall–Kier alpha value is -1.90. The first-order valence-electron chi connectivity index (χ1n) is 8.86. The molecule has 1 saturated heterocycles. The van der Waals surface area contributed by atoms with Crippen LogP contribution in [0.4, 0.5) is 0 Å². The third-order valence-corrected chi connectivity index (χ3v) is 4.70. The summed E-state index contributed by atoms with van der Waals surface area (Å²) in [7, 11) is 0. The van der Waals surface area contributed by atoms with Crippen molar-refractivity contribution in [3.05, 3.63) is 83.4 Å². The minimum Gasteiger partial charge on any atom is -0.266 e. The Labute approximate surface area is 145 Å². The minimum absolute atomic E-state index is 0.245. The summed E-state index contributed by atoms with van der Waals surface area (Å²) < 4.78 is 0. The highest BCUT2D eigenvalue weighted by Crippen LogP contribution is 2.53. The summed E-state index contributed by atoms with van der Waals surface area (Å²) in [5.74, 6) is 0. The molecular weight excluding hydrogens is 294 g/mol. The average molecular weight is 321 g/mol.